The van der Waals surface area contributed by atoms with E-state index in [0.29, 0.717) is 11.5 Å². The summed E-state index contributed by atoms with van der Waals surface area (Å²) in [7, 11) is 1.73. The van der Waals surface area contributed by atoms with Crippen LogP contribution in [0.5, 0.6) is 5.75 Å². The summed E-state index contributed by atoms with van der Waals surface area (Å²) in [6.07, 6.45) is 3.79. The van der Waals surface area contributed by atoms with E-state index in [1.54, 1.807) is 18.2 Å². The average Bonchev–Trinajstić information content (AvgIpc) is 3.13. The highest BCUT2D eigenvalue weighted by atomic mass is 79.9. The second kappa shape index (κ2) is 5.39. The molecular weight excluding hydrogens is 338 g/mol. The average molecular weight is 358 g/mol. The normalized spacial score (nSPS) is 25.3. The van der Waals surface area contributed by atoms with Gasteiger partial charge in [-0.2, -0.15) is 0 Å². The highest BCUT2D eigenvalue weighted by Crippen LogP contribution is 2.56. The topological polar surface area (TPSA) is 21.3 Å². The predicted octanol–water partition coefficient (Wildman–Crippen LogP) is 4.20. The Hall–Kier alpha value is -1.32. The second-order valence-electron chi connectivity index (χ2n) is 6.41. The number of benzene rings is 2. The molecule has 2 aliphatic rings. The largest absolute Gasteiger partial charge is 0.496 e. The van der Waals surface area contributed by atoms with Gasteiger partial charge in [0.25, 0.3) is 0 Å². The molecule has 1 spiro atoms. The van der Waals surface area contributed by atoms with Crippen molar-refractivity contribution < 1.29 is 4.74 Å². The molecular formula is C19H20BrNO. The summed E-state index contributed by atoms with van der Waals surface area (Å²) in [5.74, 6) is 0.956. The molecule has 3 heteroatoms. The molecule has 2 aromatic carbocycles. The minimum absolute atomic E-state index is 0.399. The van der Waals surface area contributed by atoms with Crippen LogP contribution in [0, 0.1) is 0 Å². The highest BCUT2D eigenvalue weighted by Gasteiger charge is 2.57. The van der Waals surface area contributed by atoms with Crippen molar-refractivity contribution in [1.29, 1.82) is 0 Å². The van der Waals surface area contributed by atoms with Gasteiger partial charge in [-0.15, -0.1) is 0 Å². The van der Waals surface area contributed by atoms with Gasteiger partial charge in [-0.05, 0) is 48.6 Å². The number of ether oxygens (including phenoxy) is 1. The Morgan fingerprint density at radius 1 is 1.27 bits per heavy atom. The molecule has 0 saturated heterocycles. The van der Waals surface area contributed by atoms with E-state index < -0.39 is 0 Å². The van der Waals surface area contributed by atoms with Crippen LogP contribution in [0.4, 0.5) is 0 Å². The van der Waals surface area contributed by atoms with Crippen LogP contribution in [0.25, 0.3) is 0 Å². The van der Waals surface area contributed by atoms with E-state index in [0.717, 1.165) is 16.8 Å². The molecule has 1 N–H and O–H groups in total. The third kappa shape index (κ3) is 2.27. The van der Waals surface area contributed by atoms with Gasteiger partial charge in [-0.25, -0.2) is 0 Å². The second-order valence-corrected chi connectivity index (χ2v) is 7.32. The summed E-state index contributed by atoms with van der Waals surface area (Å²) in [5.41, 5.74) is 4.74. The predicted molar refractivity (Wildman–Crippen MR) is 92.4 cm³/mol. The van der Waals surface area contributed by atoms with Gasteiger partial charge in [-0.1, -0.05) is 40.2 Å². The first-order valence-corrected chi connectivity index (χ1v) is 8.66. The van der Waals surface area contributed by atoms with Crippen molar-refractivity contribution in [3.8, 4) is 5.75 Å². The Bertz CT molecular complexity index is 714. The molecule has 0 heterocycles. The smallest absolute Gasteiger partial charge is 0.123 e. The van der Waals surface area contributed by atoms with Crippen LogP contribution >= 0.6 is 15.9 Å². The summed E-state index contributed by atoms with van der Waals surface area (Å²) in [6.45, 7) is 0.858. The van der Waals surface area contributed by atoms with Crippen LogP contribution < -0.4 is 10.1 Å². The van der Waals surface area contributed by atoms with Crippen LogP contribution in [0.2, 0.25) is 0 Å². The van der Waals surface area contributed by atoms with Gasteiger partial charge in [0.2, 0.25) is 0 Å². The third-order valence-corrected chi connectivity index (χ3v) is 5.74. The molecule has 0 amide bonds. The fourth-order valence-corrected chi connectivity index (χ4v) is 4.39. The maximum absolute atomic E-state index is 5.47. The maximum atomic E-state index is 5.47. The van der Waals surface area contributed by atoms with Crippen LogP contribution in [-0.2, 0) is 18.4 Å². The van der Waals surface area contributed by atoms with E-state index in [1.165, 1.54) is 24.8 Å². The molecule has 0 radical (unpaired) electrons. The lowest BCUT2D eigenvalue weighted by atomic mass is 9.97. The van der Waals surface area contributed by atoms with Gasteiger partial charge >= 0.3 is 0 Å². The molecule has 2 unspecified atom stereocenters. The molecule has 0 aliphatic heterocycles. The molecule has 2 aliphatic carbocycles. The fourth-order valence-electron chi connectivity index (χ4n) is 3.98. The van der Waals surface area contributed by atoms with E-state index in [2.05, 4.69) is 51.6 Å². The Kier molecular flexibility index (Phi) is 3.50. The molecule has 0 bridgehead atoms. The van der Waals surface area contributed by atoms with Gasteiger partial charge < -0.3 is 10.1 Å². The lowest BCUT2D eigenvalue weighted by Gasteiger charge is -2.14. The lowest BCUT2D eigenvalue weighted by molar-refractivity contribution is 0.407. The van der Waals surface area contributed by atoms with Gasteiger partial charge in [0.05, 0.1) is 7.11 Å². The van der Waals surface area contributed by atoms with Crippen molar-refractivity contribution in [2.75, 3.05) is 7.11 Å². The fraction of sp³-hybridized carbons (Fsp3) is 0.368. The first kappa shape index (κ1) is 14.3. The number of hydrogen-bond acceptors (Lipinski definition) is 2. The molecule has 22 heavy (non-hydrogen) atoms. The SMILES string of the molecule is COc1ccc(Br)cc1CNC1CC12CCc1ccccc12. The van der Waals surface area contributed by atoms with Crippen molar-refractivity contribution in [3.05, 3.63) is 63.6 Å². The first-order valence-electron chi connectivity index (χ1n) is 7.87. The van der Waals surface area contributed by atoms with E-state index >= 15 is 0 Å². The molecule has 1 fully saturated rings. The van der Waals surface area contributed by atoms with E-state index in [1.807, 2.05) is 12.1 Å². The van der Waals surface area contributed by atoms with Crippen LogP contribution in [-0.4, -0.2) is 13.2 Å². The summed E-state index contributed by atoms with van der Waals surface area (Å²) >= 11 is 3.55. The molecule has 2 atom stereocenters. The number of methoxy groups -OCH3 is 1. The Labute approximate surface area is 140 Å². The van der Waals surface area contributed by atoms with Gasteiger partial charge in [0.1, 0.15) is 5.75 Å². The summed E-state index contributed by atoms with van der Waals surface area (Å²) in [4.78, 5) is 0. The van der Waals surface area contributed by atoms with Crippen LogP contribution in [0.1, 0.15) is 29.5 Å². The van der Waals surface area contributed by atoms with Gasteiger partial charge in [0, 0.05) is 28.0 Å². The third-order valence-electron chi connectivity index (χ3n) is 5.25. The first-order chi connectivity index (χ1) is 10.7. The summed E-state index contributed by atoms with van der Waals surface area (Å²) < 4.78 is 6.56. The maximum Gasteiger partial charge on any atom is 0.123 e. The zero-order valence-electron chi connectivity index (χ0n) is 12.7. The zero-order chi connectivity index (χ0) is 15.2. The number of aryl methyl sites for hydroxylation is 1. The highest BCUT2D eigenvalue weighted by molar-refractivity contribution is 9.10. The van der Waals surface area contributed by atoms with E-state index in [9.17, 15) is 0 Å². The Balaban J connectivity index is 1.48. The van der Waals surface area contributed by atoms with Crippen molar-refractivity contribution in [2.24, 2.45) is 0 Å². The summed E-state index contributed by atoms with van der Waals surface area (Å²) in [5, 5.41) is 3.75. The molecule has 2 nitrogen and oxygen atoms in total. The van der Waals surface area contributed by atoms with Crippen molar-refractivity contribution in [3.63, 3.8) is 0 Å². The van der Waals surface area contributed by atoms with E-state index in [-0.39, 0.29) is 0 Å². The number of fused-ring (bicyclic) bond motifs is 2. The molecule has 114 valence electrons. The molecule has 4 rings (SSSR count). The number of halogens is 1. The molecule has 0 aromatic heterocycles. The van der Waals surface area contributed by atoms with Gasteiger partial charge in [-0.3, -0.25) is 0 Å². The minimum atomic E-state index is 0.399. The van der Waals surface area contributed by atoms with Crippen molar-refractivity contribution in [1.82, 2.24) is 5.32 Å². The van der Waals surface area contributed by atoms with Crippen molar-refractivity contribution in [2.45, 2.75) is 37.3 Å². The molecule has 2 aromatic rings. The van der Waals surface area contributed by atoms with Crippen LogP contribution in [0.15, 0.2) is 46.9 Å². The standard InChI is InChI=1S/C19H20BrNO/c1-22-17-7-6-15(20)10-14(17)12-21-18-11-19(18)9-8-13-4-2-3-5-16(13)19/h2-7,10,18,21H,8-9,11-12H2,1H3. The van der Waals surface area contributed by atoms with Crippen LogP contribution in [0.3, 0.4) is 0 Å². The van der Waals surface area contributed by atoms with Gasteiger partial charge in [0.15, 0.2) is 0 Å². The number of hydrogen-bond donors (Lipinski definition) is 1. The Morgan fingerprint density at radius 3 is 3.00 bits per heavy atom. The monoisotopic (exact) mass is 357 g/mol. The van der Waals surface area contributed by atoms with E-state index in [4.69, 9.17) is 4.74 Å². The quantitative estimate of drug-likeness (QED) is 0.884. The summed E-state index contributed by atoms with van der Waals surface area (Å²) in [6, 6.07) is 15.7. The Morgan fingerprint density at radius 2 is 2.14 bits per heavy atom. The number of nitrogens with one attached hydrogen (secondary N) is 1. The lowest BCUT2D eigenvalue weighted by Crippen LogP contribution is -2.24. The molecule has 1 saturated carbocycles. The number of rotatable bonds is 4. The zero-order valence-corrected chi connectivity index (χ0v) is 14.3. The van der Waals surface area contributed by atoms with Crippen molar-refractivity contribution >= 4 is 15.9 Å². The minimum Gasteiger partial charge on any atom is -0.496 e.